The minimum Gasteiger partial charge on any atom is -0.467 e. The molecule has 2 aromatic heterocycles. The molecule has 102 valence electrons. The minimum absolute atomic E-state index is 0.227. The average Bonchev–Trinajstić information content (AvgIpc) is 3.08. The van der Waals surface area contributed by atoms with Crippen LogP contribution < -0.4 is 5.32 Å². The van der Waals surface area contributed by atoms with Gasteiger partial charge in [0.1, 0.15) is 11.6 Å². The quantitative estimate of drug-likeness (QED) is 0.788. The molecule has 2 heterocycles. The zero-order valence-corrected chi connectivity index (χ0v) is 11.5. The van der Waals surface area contributed by atoms with Crippen LogP contribution in [0.15, 0.2) is 47.1 Å². The second-order valence-electron chi connectivity index (χ2n) is 4.47. The van der Waals surface area contributed by atoms with Gasteiger partial charge in [0, 0.05) is 10.1 Å². The van der Waals surface area contributed by atoms with Gasteiger partial charge in [-0.05, 0) is 37.3 Å². The molecule has 1 N–H and O–H groups in total. The fraction of sp³-hybridized carbons (Fsp3) is 0.133. The lowest BCUT2D eigenvalue weighted by Gasteiger charge is -2.09. The van der Waals surface area contributed by atoms with E-state index in [0.717, 1.165) is 4.70 Å². The van der Waals surface area contributed by atoms with Crippen molar-refractivity contribution in [3.63, 3.8) is 0 Å². The van der Waals surface area contributed by atoms with Gasteiger partial charge in [0.25, 0.3) is 5.91 Å². The lowest BCUT2D eigenvalue weighted by molar-refractivity contribution is 0.0939. The first-order valence-corrected chi connectivity index (χ1v) is 6.99. The summed E-state index contributed by atoms with van der Waals surface area (Å²) in [6.45, 7) is 1.84. The topological polar surface area (TPSA) is 42.2 Å². The number of carbonyl (C=O) groups excluding carboxylic acids is 1. The van der Waals surface area contributed by atoms with Gasteiger partial charge in [0.2, 0.25) is 0 Å². The second kappa shape index (κ2) is 5.09. The zero-order chi connectivity index (χ0) is 14.1. The van der Waals surface area contributed by atoms with Crippen molar-refractivity contribution in [3.05, 3.63) is 59.1 Å². The third kappa shape index (κ3) is 2.32. The molecule has 3 aromatic rings. The largest absolute Gasteiger partial charge is 0.467 e. The monoisotopic (exact) mass is 289 g/mol. The second-order valence-corrected chi connectivity index (χ2v) is 5.56. The van der Waals surface area contributed by atoms with Gasteiger partial charge in [-0.3, -0.25) is 4.79 Å². The molecule has 0 aliphatic heterocycles. The van der Waals surface area contributed by atoms with E-state index in [4.69, 9.17) is 4.42 Å². The summed E-state index contributed by atoms with van der Waals surface area (Å²) in [7, 11) is 0. The molecule has 20 heavy (non-hydrogen) atoms. The van der Waals surface area contributed by atoms with Crippen molar-refractivity contribution < 1.29 is 13.6 Å². The number of benzene rings is 1. The average molecular weight is 289 g/mol. The van der Waals surface area contributed by atoms with E-state index in [1.165, 1.54) is 17.4 Å². The third-order valence-corrected chi connectivity index (χ3v) is 4.15. The van der Waals surface area contributed by atoms with Crippen molar-refractivity contribution in [3.8, 4) is 0 Å². The van der Waals surface area contributed by atoms with Crippen molar-refractivity contribution in [2.75, 3.05) is 0 Å². The van der Waals surface area contributed by atoms with Crippen LogP contribution in [0.4, 0.5) is 4.39 Å². The van der Waals surface area contributed by atoms with Crippen LogP contribution >= 0.6 is 11.3 Å². The van der Waals surface area contributed by atoms with E-state index in [1.807, 2.05) is 6.92 Å². The summed E-state index contributed by atoms with van der Waals surface area (Å²) in [6.07, 6.45) is 1.56. The van der Waals surface area contributed by atoms with Crippen LogP contribution in [-0.2, 0) is 0 Å². The van der Waals surface area contributed by atoms with Gasteiger partial charge >= 0.3 is 0 Å². The Morgan fingerprint density at radius 2 is 2.20 bits per heavy atom. The predicted octanol–water partition coefficient (Wildman–Crippen LogP) is 4.12. The molecule has 0 fully saturated rings. The van der Waals surface area contributed by atoms with E-state index >= 15 is 0 Å². The Hall–Kier alpha value is -2.14. The Bertz CT molecular complexity index is 748. The first kappa shape index (κ1) is 12.9. The fourth-order valence-electron chi connectivity index (χ4n) is 2.01. The molecule has 1 aromatic carbocycles. The molecular formula is C15H12FNO2S. The summed E-state index contributed by atoms with van der Waals surface area (Å²) in [5, 5.41) is 3.31. The van der Waals surface area contributed by atoms with Crippen molar-refractivity contribution in [1.82, 2.24) is 5.32 Å². The summed E-state index contributed by atoms with van der Waals surface area (Å²) in [5.41, 5.74) is 0. The Morgan fingerprint density at radius 1 is 1.35 bits per heavy atom. The first-order chi connectivity index (χ1) is 9.65. The van der Waals surface area contributed by atoms with Crippen LogP contribution in [0.5, 0.6) is 0 Å². The number of carbonyl (C=O) groups is 1. The number of hydrogen-bond donors (Lipinski definition) is 1. The van der Waals surface area contributed by atoms with Gasteiger partial charge in [-0.15, -0.1) is 11.3 Å². The summed E-state index contributed by atoms with van der Waals surface area (Å²) in [5.74, 6) is 0.150. The number of thiophene rings is 1. The molecule has 1 atom stereocenters. The van der Waals surface area contributed by atoms with E-state index in [-0.39, 0.29) is 17.8 Å². The minimum atomic E-state index is -0.308. The maximum Gasteiger partial charge on any atom is 0.261 e. The Balaban J connectivity index is 1.84. The number of rotatable bonds is 3. The van der Waals surface area contributed by atoms with Crippen molar-refractivity contribution >= 4 is 27.3 Å². The molecule has 3 rings (SSSR count). The van der Waals surface area contributed by atoms with Gasteiger partial charge in [-0.1, -0.05) is 6.07 Å². The highest BCUT2D eigenvalue weighted by molar-refractivity contribution is 7.20. The molecule has 5 heteroatoms. The number of halogens is 1. The molecule has 0 unspecified atom stereocenters. The summed E-state index contributed by atoms with van der Waals surface area (Å²) in [4.78, 5) is 12.7. The van der Waals surface area contributed by atoms with E-state index in [2.05, 4.69) is 5.32 Å². The van der Waals surface area contributed by atoms with Gasteiger partial charge in [0.15, 0.2) is 0 Å². The molecule has 0 saturated carbocycles. The maximum absolute atomic E-state index is 13.6. The summed E-state index contributed by atoms with van der Waals surface area (Å²) >= 11 is 1.28. The summed E-state index contributed by atoms with van der Waals surface area (Å²) < 4.78 is 19.6. The van der Waals surface area contributed by atoms with Crippen LogP contribution in [0.1, 0.15) is 28.4 Å². The molecule has 1 amide bonds. The molecule has 0 saturated heterocycles. The van der Waals surface area contributed by atoms with E-state index in [9.17, 15) is 9.18 Å². The van der Waals surface area contributed by atoms with Crippen molar-refractivity contribution in [2.45, 2.75) is 13.0 Å². The highest BCUT2D eigenvalue weighted by Crippen LogP contribution is 2.28. The lowest BCUT2D eigenvalue weighted by atomic mass is 10.2. The molecule has 3 nitrogen and oxygen atoms in total. The summed E-state index contributed by atoms with van der Waals surface area (Å²) in [6, 6.07) is 9.76. The fourth-order valence-corrected chi connectivity index (χ4v) is 2.99. The molecule has 0 spiro atoms. The molecule has 0 radical (unpaired) electrons. The Labute approximate surface area is 119 Å². The first-order valence-electron chi connectivity index (χ1n) is 6.17. The maximum atomic E-state index is 13.6. The van der Waals surface area contributed by atoms with Gasteiger partial charge in [0.05, 0.1) is 17.2 Å². The number of furan rings is 1. The van der Waals surface area contributed by atoms with Crippen LogP contribution in [-0.4, -0.2) is 5.91 Å². The van der Waals surface area contributed by atoms with Crippen LogP contribution in [0, 0.1) is 5.82 Å². The van der Waals surface area contributed by atoms with E-state index in [1.54, 1.807) is 36.6 Å². The van der Waals surface area contributed by atoms with Crippen molar-refractivity contribution in [1.29, 1.82) is 0 Å². The van der Waals surface area contributed by atoms with Gasteiger partial charge < -0.3 is 9.73 Å². The van der Waals surface area contributed by atoms with Crippen LogP contribution in [0.2, 0.25) is 0 Å². The third-order valence-electron chi connectivity index (χ3n) is 3.05. The highest BCUT2D eigenvalue weighted by atomic mass is 32.1. The highest BCUT2D eigenvalue weighted by Gasteiger charge is 2.16. The number of nitrogens with one attached hydrogen (secondary N) is 1. The molecule has 0 aliphatic rings. The normalized spacial score (nSPS) is 12.5. The zero-order valence-electron chi connectivity index (χ0n) is 10.7. The molecule has 0 bridgehead atoms. The van der Waals surface area contributed by atoms with Crippen LogP contribution in [0.3, 0.4) is 0 Å². The number of fused-ring (bicyclic) bond motifs is 1. The van der Waals surface area contributed by atoms with E-state index < -0.39 is 0 Å². The Kier molecular flexibility index (Phi) is 3.28. The number of hydrogen-bond acceptors (Lipinski definition) is 3. The Morgan fingerprint density at radius 3 is 2.90 bits per heavy atom. The molecule has 0 aliphatic carbocycles. The standard InChI is InChI=1S/C15H12FNO2S/c1-9(12-5-3-7-19-12)17-15(18)14-8-10-11(16)4-2-6-13(10)20-14/h2-9H,1H3,(H,17,18)/t9-/m1/s1. The molecular weight excluding hydrogens is 277 g/mol. The van der Waals surface area contributed by atoms with Crippen LogP contribution in [0.25, 0.3) is 10.1 Å². The lowest BCUT2D eigenvalue weighted by Crippen LogP contribution is -2.25. The predicted molar refractivity (Wildman–Crippen MR) is 76.4 cm³/mol. The van der Waals surface area contributed by atoms with E-state index in [0.29, 0.717) is 16.0 Å². The SMILES string of the molecule is C[C@@H](NC(=O)c1cc2c(F)cccc2s1)c1ccco1. The van der Waals surface area contributed by atoms with Crippen molar-refractivity contribution in [2.24, 2.45) is 0 Å². The smallest absolute Gasteiger partial charge is 0.261 e. The van der Waals surface area contributed by atoms with Gasteiger partial charge in [-0.2, -0.15) is 0 Å². The number of amides is 1. The van der Waals surface area contributed by atoms with Gasteiger partial charge in [-0.25, -0.2) is 4.39 Å².